The monoisotopic (exact) mass is 222 g/mol. The van der Waals surface area contributed by atoms with Gasteiger partial charge in [-0.3, -0.25) is 4.90 Å². The summed E-state index contributed by atoms with van der Waals surface area (Å²) in [7, 11) is 0. The first-order valence-electron chi connectivity index (χ1n) is 7.16. The summed E-state index contributed by atoms with van der Waals surface area (Å²) < 4.78 is 0. The summed E-state index contributed by atoms with van der Waals surface area (Å²) in [4.78, 5) is 2.75. The quantitative estimate of drug-likeness (QED) is 0.777. The van der Waals surface area contributed by atoms with Gasteiger partial charge in [0.25, 0.3) is 0 Å². The van der Waals surface area contributed by atoms with E-state index in [1.165, 1.54) is 58.0 Å². The normalized spacial score (nSPS) is 42.8. The molecule has 0 aromatic carbocycles. The van der Waals surface area contributed by atoms with Crippen molar-refractivity contribution < 1.29 is 0 Å². The third-order valence-corrected chi connectivity index (χ3v) is 5.86. The highest BCUT2D eigenvalue weighted by atomic mass is 15.3. The molecule has 16 heavy (non-hydrogen) atoms. The number of nitrogens with zero attached hydrogens (tertiary/aromatic N) is 1. The van der Waals surface area contributed by atoms with Crippen LogP contribution in [0.4, 0.5) is 0 Å². The molecule has 3 aliphatic rings. The Morgan fingerprint density at radius 3 is 2.38 bits per heavy atom. The Bertz CT molecular complexity index is 264. The fraction of sp³-hybridized carbons (Fsp3) is 1.00. The van der Waals surface area contributed by atoms with Crippen molar-refractivity contribution in [1.82, 2.24) is 4.90 Å². The SMILES string of the molecule is CC1CCCCC1(CN)N1CC2(CCC2)C1. The van der Waals surface area contributed by atoms with E-state index in [2.05, 4.69) is 11.8 Å². The molecule has 1 spiro atoms. The van der Waals surface area contributed by atoms with Gasteiger partial charge >= 0.3 is 0 Å². The molecular formula is C14H26N2. The maximum absolute atomic E-state index is 6.15. The third-order valence-electron chi connectivity index (χ3n) is 5.86. The minimum absolute atomic E-state index is 0.374. The van der Waals surface area contributed by atoms with E-state index >= 15 is 0 Å². The summed E-state index contributed by atoms with van der Waals surface area (Å²) in [5, 5.41) is 0. The van der Waals surface area contributed by atoms with Crippen LogP contribution < -0.4 is 5.73 Å². The van der Waals surface area contributed by atoms with Gasteiger partial charge in [-0.25, -0.2) is 0 Å². The predicted molar refractivity (Wildman–Crippen MR) is 67.3 cm³/mol. The lowest BCUT2D eigenvalue weighted by atomic mass is 9.60. The van der Waals surface area contributed by atoms with Gasteiger partial charge in [-0.1, -0.05) is 26.2 Å². The van der Waals surface area contributed by atoms with Crippen molar-refractivity contribution in [2.75, 3.05) is 19.6 Å². The van der Waals surface area contributed by atoms with Crippen molar-refractivity contribution in [3.63, 3.8) is 0 Å². The van der Waals surface area contributed by atoms with Crippen LogP contribution in [0.25, 0.3) is 0 Å². The number of hydrogen-bond donors (Lipinski definition) is 1. The van der Waals surface area contributed by atoms with Crippen molar-refractivity contribution in [1.29, 1.82) is 0 Å². The lowest BCUT2D eigenvalue weighted by Gasteiger charge is -2.64. The molecule has 3 fully saturated rings. The minimum Gasteiger partial charge on any atom is -0.329 e. The van der Waals surface area contributed by atoms with Gasteiger partial charge in [0.15, 0.2) is 0 Å². The molecule has 0 amide bonds. The zero-order chi connectivity index (χ0) is 11.2. The Morgan fingerprint density at radius 2 is 1.88 bits per heavy atom. The van der Waals surface area contributed by atoms with Gasteiger partial charge in [-0.05, 0) is 37.0 Å². The molecule has 1 heterocycles. The summed E-state index contributed by atoms with van der Waals surface area (Å²) in [5.41, 5.74) is 7.27. The highest BCUT2D eigenvalue weighted by Gasteiger charge is 2.55. The molecule has 2 saturated carbocycles. The first-order chi connectivity index (χ1) is 7.71. The molecule has 0 aromatic heterocycles. The van der Waals surface area contributed by atoms with Gasteiger partial charge in [0, 0.05) is 25.2 Å². The van der Waals surface area contributed by atoms with Crippen molar-refractivity contribution in [2.24, 2.45) is 17.1 Å². The molecule has 0 bridgehead atoms. The Morgan fingerprint density at radius 1 is 1.12 bits per heavy atom. The second-order valence-corrected chi connectivity index (χ2v) is 6.66. The molecular weight excluding hydrogens is 196 g/mol. The van der Waals surface area contributed by atoms with Crippen molar-refractivity contribution in [3.05, 3.63) is 0 Å². The average Bonchev–Trinajstić information content (AvgIpc) is 2.16. The molecule has 2 N–H and O–H groups in total. The fourth-order valence-electron chi connectivity index (χ4n) is 4.37. The Labute approximate surface area is 99.6 Å². The summed E-state index contributed by atoms with van der Waals surface area (Å²) in [6.45, 7) is 6.02. The zero-order valence-electron chi connectivity index (χ0n) is 10.7. The van der Waals surface area contributed by atoms with E-state index in [4.69, 9.17) is 5.73 Å². The predicted octanol–water partition coefficient (Wildman–Crippen LogP) is 2.38. The van der Waals surface area contributed by atoms with Crippen molar-refractivity contribution in [2.45, 2.75) is 57.4 Å². The molecule has 2 nitrogen and oxygen atoms in total. The zero-order valence-corrected chi connectivity index (χ0v) is 10.7. The second-order valence-electron chi connectivity index (χ2n) is 6.66. The largest absolute Gasteiger partial charge is 0.329 e. The molecule has 2 atom stereocenters. The molecule has 2 unspecified atom stereocenters. The molecule has 92 valence electrons. The van der Waals surface area contributed by atoms with E-state index in [-0.39, 0.29) is 0 Å². The smallest absolute Gasteiger partial charge is 0.0357 e. The van der Waals surface area contributed by atoms with E-state index < -0.39 is 0 Å². The van der Waals surface area contributed by atoms with Crippen LogP contribution in [0.3, 0.4) is 0 Å². The van der Waals surface area contributed by atoms with Crippen LogP contribution in [-0.4, -0.2) is 30.1 Å². The van der Waals surface area contributed by atoms with Crippen LogP contribution in [0.15, 0.2) is 0 Å². The van der Waals surface area contributed by atoms with E-state index in [0.29, 0.717) is 5.54 Å². The molecule has 1 aliphatic heterocycles. The molecule has 0 radical (unpaired) electrons. The first kappa shape index (κ1) is 11.0. The average molecular weight is 222 g/mol. The summed E-state index contributed by atoms with van der Waals surface area (Å²) in [6.07, 6.45) is 9.99. The Balaban J connectivity index is 1.70. The Hall–Kier alpha value is -0.0800. The molecule has 2 aliphatic carbocycles. The minimum atomic E-state index is 0.374. The van der Waals surface area contributed by atoms with Crippen LogP contribution in [0.2, 0.25) is 0 Å². The van der Waals surface area contributed by atoms with Gasteiger partial charge in [-0.2, -0.15) is 0 Å². The van der Waals surface area contributed by atoms with Crippen LogP contribution in [0, 0.1) is 11.3 Å². The van der Waals surface area contributed by atoms with Gasteiger partial charge in [-0.15, -0.1) is 0 Å². The van der Waals surface area contributed by atoms with Gasteiger partial charge in [0.1, 0.15) is 0 Å². The fourth-order valence-corrected chi connectivity index (χ4v) is 4.37. The highest BCUT2D eigenvalue weighted by molar-refractivity contribution is 5.09. The number of rotatable bonds is 2. The lowest BCUT2D eigenvalue weighted by molar-refractivity contribution is -0.141. The van der Waals surface area contributed by atoms with E-state index in [9.17, 15) is 0 Å². The van der Waals surface area contributed by atoms with Gasteiger partial charge in [0.05, 0.1) is 0 Å². The molecule has 3 rings (SSSR count). The van der Waals surface area contributed by atoms with E-state index in [0.717, 1.165) is 17.9 Å². The summed E-state index contributed by atoms with van der Waals surface area (Å²) in [5.74, 6) is 0.809. The molecule has 1 saturated heterocycles. The number of likely N-dealkylation sites (tertiary alicyclic amines) is 1. The highest BCUT2D eigenvalue weighted by Crippen LogP contribution is 2.53. The second kappa shape index (κ2) is 3.71. The maximum Gasteiger partial charge on any atom is 0.0357 e. The van der Waals surface area contributed by atoms with Crippen LogP contribution in [-0.2, 0) is 0 Å². The first-order valence-corrected chi connectivity index (χ1v) is 7.16. The lowest BCUT2D eigenvalue weighted by Crippen LogP contribution is -2.71. The topological polar surface area (TPSA) is 29.3 Å². The van der Waals surface area contributed by atoms with E-state index in [1.807, 2.05) is 0 Å². The van der Waals surface area contributed by atoms with Crippen LogP contribution in [0.5, 0.6) is 0 Å². The molecule has 0 aromatic rings. The summed E-state index contributed by atoms with van der Waals surface area (Å²) in [6, 6.07) is 0. The summed E-state index contributed by atoms with van der Waals surface area (Å²) >= 11 is 0. The number of nitrogens with two attached hydrogens (primary N) is 1. The van der Waals surface area contributed by atoms with Crippen LogP contribution in [0.1, 0.15) is 51.9 Å². The molecule has 2 heteroatoms. The van der Waals surface area contributed by atoms with Gasteiger partial charge in [0.2, 0.25) is 0 Å². The standard InChI is InChI=1S/C14H26N2/c1-12-5-2-3-8-14(12,9-15)16-10-13(11-16)6-4-7-13/h12H,2-11,15H2,1H3. The Kier molecular flexibility index (Phi) is 2.56. The van der Waals surface area contributed by atoms with Crippen molar-refractivity contribution in [3.8, 4) is 0 Å². The number of hydrogen-bond acceptors (Lipinski definition) is 2. The van der Waals surface area contributed by atoms with Crippen LogP contribution >= 0.6 is 0 Å². The maximum atomic E-state index is 6.15. The van der Waals surface area contributed by atoms with Crippen molar-refractivity contribution >= 4 is 0 Å². The third kappa shape index (κ3) is 1.39. The van der Waals surface area contributed by atoms with E-state index in [1.54, 1.807) is 0 Å². The van der Waals surface area contributed by atoms with Gasteiger partial charge < -0.3 is 5.73 Å².